The molecule has 0 aliphatic rings. The maximum Gasteiger partial charge on any atom is 0.270 e. The van der Waals surface area contributed by atoms with E-state index in [2.05, 4.69) is 15.8 Å². The summed E-state index contributed by atoms with van der Waals surface area (Å²) in [6.45, 7) is 5.92. The average molecular weight is 361 g/mol. The van der Waals surface area contributed by atoms with E-state index in [1.807, 2.05) is 69.3 Å². The molecule has 3 rings (SSSR count). The molecule has 0 aliphatic carbocycles. The van der Waals surface area contributed by atoms with Gasteiger partial charge in [0.25, 0.3) is 5.91 Å². The second-order valence-electron chi connectivity index (χ2n) is 7.04. The number of hydrogen-bond donors (Lipinski definition) is 2. The number of nitrogens with one attached hydrogen (secondary N) is 2. The number of hydrazine groups is 1. The van der Waals surface area contributed by atoms with Gasteiger partial charge in [-0.1, -0.05) is 61.9 Å². The van der Waals surface area contributed by atoms with Crippen LogP contribution in [0.15, 0.2) is 54.6 Å². The standard InChI is InChI=1S/C22H23N3O2/c1-14(2)12-21(26)24-25-22(27)18-13-20(16-10-8-15(3)9-11-16)23-19-7-5-4-6-17(18)19/h4-11,13-14H,12H2,1-3H3,(H,24,26)(H,25,27). The number of aromatic nitrogens is 1. The number of hydrogen-bond acceptors (Lipinski definition) is 3. The molecule has 0 radical (unpaired) electrons. The van der Waals surface area contributed by atoms with Crippen LogP contribution in [0.1, 0.15) is 36.2 Å². The molecular formula is C22H23N3O2. The fourth-order valence-corrected chi connectivity index (χ4v) is 2.85. The molecule has 3 aromatic rings. The Morgan fingerprint density at radius 2 is 1.70 bits per heavy atom. The van der Waals surface area contributed by atoms with Crippen molar-refractivity contribution in [2.24, 2.45) is 5.92 Å². The van der Waals surface area contributed by atoms with Crippen molar-refractivity contribution >= 4 is 22.7 Å². The lowest BCUT2D eigenvalue weighted by Crippen LogP contribution is -2.42. The van der Waals surface area contributed by atoms with Crippen molar-refractivity contribution in [3.05, 3.63) is 65.7 Å². The predicted molar refractivity (Wildman–Crippen MR) is 107 cm³/mol. The van der Waals surface area contributed by atoms with Crippen molar-refractivity contribution in [1.29, 1.82) is 0 Å². The maximum absolute atomic E-state index is 12.7. The molecule has 5 nitrogen and oxygen atoms in total. The topological polar surface area (TPSA) is 71.1 Å². The average Bonchev–Trinajstić information content (AvgIpc) is 2.65. The Morgan fingerprint density at radius 1 is 1.00 bits per heavy atom. The Kier molecular flexibility index (Phi) is 5.50. The number of carbonyl (C=O) groups excluding carboxylic acids is 2. The summed E-state index contributed by atoms with van der Waals surface area (Å²) in [5, 5.41) is 0.740. The molecule has 0 saturated heterocycles. The van der Waals surface area contributed by atoms with Crippen LogP contribution in [0.2, 0.25) is 0 Å². The van der Waals surface area contributed by atoms with Crippen LogP contribution in [0.25, 0.3) is 22.2 Å². The minimum absolute atomic E-state index is 0.213. The molecule has 1 aromatic heterocycles. The number of pyridine rings is 1. The van der Waals surface area contributed by atoms with E-state index >= 15 is 0 Å². The lowest BCUT2D eigenvalue weighted by molar-refractivity contribution is -0.122. The minimum atomic E-state index is -0.362. The first kappa shape index (κ1) is 18.6. The van der Waals surface area contributed by atoms with Crippen LogP contribution in [-0.2, 0) is 4.79 Å². The Hall–Kier alpha value is -3.21. The molecular weight excluding hydrogens is 338 g/mol. The van der Waals surface area contributed by atoms with Crippen molar-refractivity contribution in [3.8, 4) is 11.3 Å². The quantitative estimate of drug-likeness (QED) is 0.690. The van der Waals surface area contributed by atoms with Crippen LogP contribution in [0, 0.1) is 12.8 Å². The molecule has 2 amide bonds. The summed E-state index contributed by atoms with van der Waals surface area (Å²) in [6.07, 6.45) is 0.353. The number of fused-ring (bicyclic) bond motifs is 1. The molecule has 2 N–H and O–H groups in total. The van der Waals surface area contributed by atoms with Gasteiger partial charge in [-0.3, -0.25) is 20.4 Å². The van der Waals surface area contributed by atoms with E-state index < -0.39 is 0 Å². The van der Waals surface area contributed by atoms with Gasteiger partial charge in [0.15, 0.2) is 0 Å². The number of aryl methyl sites for hydroxylation is 1. The van der Waals surface area contributed by atoms with Gasteiger partial charge in [0, 0.05) is 17.4 Å². The molecule has 0 atom stereocenters. The zero-order chi connectivity index (χ0) is 19.4. The van der Waals surface area contributed by atoms with Gasteiger partial charge < -0.3 is 0 Å². The normalized spacial score (nSPS) is 10.8. The van der Waals surface area contributed by atoms with Crippen LogP contribution in [0.3, 0.4) is 0 Å². The van der Waals surface area contributed by atoms with E-state index in [9.17, 15) is 9.59 Å². The number of rotatable bonds is 4. The molecule has 5 heteroatoms. The maximum atomic E-state index is 12.7. The van der Waals surface area contributed by atoms with Crippen molar-refractivity contribution in [2.75, 3.05) is 0 Å². The number of carbonyl (C=O) groups is 2. The van der Waals surface area contributed by atoms with E-state index in [1.165, 1.54) is 0 Å². The monoisotopic (exact) mass is 361 g/mol. The molecule has 1 heterocycles. The summed E-state index contributed by atoms with van der Waals surface area (Å²) < 4.78 is 0. The van der Waals surface area contributed by atoms with Gasteiger partial charge in [-0.05, 0) is 25.0 Å². The minimum Gasteiger partial charge on any atom is -0.273 e. The molecule has 0 saturated carbocycles. The van der Waals surface area contributed by atoms with Crippen LogP contribution >= 0.6 is 0 Å². The first-order valence-electron chi connectivity index (χ1n) is 9.00. The molecule has 0 spiro atoms. The van der Waals surface area contributed by atoms with Gasteiger partial charge in [-0.2, -0.15) is 0 Å². The Labute approximate surface area is 158 Å². The van der Waals surface area contributed by atoms with Gasteiger partial charge in [-0.25, -0.2) is 4.98 Å². The Morgan fingerprint density at radius 3 is 2.41 bits per heavy atom. The van der Waals surface area contributed by atoms with Crippen molar-refractivity contribution in [3.63, 3.8) is 0 Å². The van der Waals surface area contributed by atoms with Crippen LogP contribution < -0.4 is 10.9 Å². The number of amides is 2. The zero-order valence-electron chi connectivity index (χ0n) is 15.7. The van der Waals surface area contributed by atoms with Crippen LogP contribution in [0.4, 0.5) is 0 Å². The van der Waals surface area contributed by atoms with E-state index in [4.69, 9.17) is 0 Å². The second-order valence-corrected chi connectivity index (χ2v) is 7.04. The van der Waals surface area contributed by atoms with Crippen molar-refractivity contribution in [2.45, 2.75) is 27.2 Å². The lowest BCUT2D eigenvalue weighted by Gasteiger charge is -2.12. The molecule has 27 heavy (non-hydrogen) atoms. The molecule has 138 valence electrons. The molecule has 2 aromatic carbocycles. The third kappa shape index (κ3) is 4.50. The SMILES string of the molecule is Cc1ccc(-c2cc(C(=O)NNC(=O)CC(C)C)c3ccccc3n2)cc1. The highest BCUT2D eigenvalue weighted by Gasteiger charge is 2.15. The Balaban J connectivity index is 1.94. The van der Waals surface area contributed by atoms with Gasteiger partial charge in [0.1, 0.15) is 0 Å². The Bertz CT molecular complexity index is 979. The molecule has 0 bridgehead atoms. The largest absolute Gasteiger partial charge is 0.273 e. The van der Waals surface area contributed by atoms with E-state index in [0.29, 0.717) is 17.7 Å². The molecule has 0 aliphatic heterocycles. The number of para-hydroxylation sites is 1. The summed E-state index contributed by atoms with van der Waals surface area (Å²) in [4.78, 5) is 29.3. The summed E-state index contributed by atoms with van der Waals surface area (Å²) in [5.41, 5.74) is 9.01. The fourth-order valence-electron chi connectivity index (χ4n) is 2.85. The summed E-state index contributed by atoms with van der Waals surface area (Å²) in [7, 11) is 0. The first-order chi connectivity index (χ1) is 12.9. The van der Waals surface area contributed by atoms with E-state index in [0.717, 1.165) is 22.0 Å². The number of benzene rings is 2. The van der Waals surface area contributed by atoms with Crippen molar-refractivity contribution in [1.82, 2.24) is 15.8 Å². The molecule has 0 fully saturated rings. The summed E-state index contributed by atoms with van der Waals surface area (Å²) in [6, 6.07) is 17.2. The highest BCUT2D eigenvalue weighted by atomic mass is 16.2. The van der Waals surface area contributed by atoms with Crippen LogP contribution in [-0.4, -0.2) is 16.8 Å². The van der Waals surface area contributed by atoms with Gasteiger partial charge >= 0.3 is 0 Å². The zero-order valence-corrected chi connectivity index (χ0v) is 15.7. The third-order valence-corrected chi connectivity index (χ3v) is 4.22. The first-order valence-corrected chi connectivity index (χ1v) is 9.00. The third-order valence-electron chi connectivity index (χ3n) is 4.22. The van der Waals surface area contributed by atoms with E-state index in [1.54, 1.807) is 6.07 Å². The van der Waals surface area contributed by atoms with E-state index in [-0.39, 0.29) is 17.7 Å². The van der Waals surface area contributed by atoms with Gasteiger partial charge in [0.05, 0.1) is 16.8 Å². The van der Waals surface area contributed by atoms with Crippen molar-refractivity contribution < 1.29 is 9.59 Å². The highest BCUT2D eigenvalue weighted by Crippen LogP contribution is 2.25. The fraction of sp³-hybridized carbons (Fsp3) is 0.227. The lowest BCUT2D eigenvalue weighted by atomic mass is 10.0. The van der Waals surface area contributed by atoms with Crippen LogP contribution in [0.5, 0.6) is 0 Å². The highest BCUT2D eigenvalue weighted by molar-refractivity contribution is 6.07. The summed E-state index contributed by atoms with van der Waals surface area (Å²) >= 11 is 0. The van der Waals surface area contributed by atoms with Gasteiger partial charge in [0.2, 0.25) is 5.91 Å². The second kappa shape index (κ2) is 7.99. The smallest absolute Gasteiger partial charge is 0.270 e. The number of nitrogens with zero attached hydrogens (tertiary/aromatic N) is 1. The molecule has 0 unspecified atom stereocenters. The summed E-state index contributed by atoms with van der Waals surface area (Å²) in [5.74, 6) is -0.355. The predicted octanol–water partition coefficient (Wildman–Crippen LogP) is 4.02. The van der Waals surface area contributed by atoms with Gasteiger partial charge in [-0.15, -0.1) is 0 Å².